The lowest BCUT2D eigenvalue weighted by Gasteiger charge is -2.36. The minimum absolute atomic E-state index is 0.125. The second-order valence-corrected chi connectivity index (χ2v) is 7.06. The minimum Gasteiger partial charge on any atom is -0.388 e. The number of aryl methyl sites for hydroxylation is 1. The Morgan fingerprint density at radius 1 is 1.10 bits per heavy atom. The van der Waals surface area contributed by atoms with Crippen molar-refractivity contribution in [3.05, 3.63) is 35.4 Å². The Hall–Kier alpha value is -0.820. The smallest absolute Gasteiger partial charge is 0.0846 e. The zero-order valence-corrected chi connectivity index (χ0v) is 13.4. The monoisotopic (exact) mass is 274 g/mol. The minimum atomic E-state index is -0.289. The number of rotatable bonds is 6. The second kappa shape index (κ2) is 6.76. The predicted molar refractivity (Wildman–Crippen MR) is 85.8 cm³/mol. The molecule has 0 radical (unpaired) electrons. The summed E-state index contributed by atoms with van der Waals surface area (Å²) in [5, 5.41) is 10.9. The van der Waals surface area contributed by atoms with Gasteiger partial charge < -0.3 is 5.11 Å². The van der Waals surface area contributed by atoms with Gasteiger partial charge in [0.05, 0.1) is 6.10 Å². The first-order valence-electron chi connectivity index (χ1n) is 8.34. The highest BCUT2D eigenvalue weighted by Crippen LogP contribution is 2.51. The number of hydrogen-bond donors (Lipinski definition) is 1. The van der Waals surface area contributed by atoms with E-state index in [4.69, 9.17) is 0 Å². The number of benzene rings is 1. The zero-order valence-electron chi connectivity index (χ0n) is 13.4. The third-order valence-corrected chi connectivity index (χ3v) is 4.83. The maximum Gasteiger partial charge on any atom is 0.0846 e. The van der Waals surface area contributed by atoms with Crippen molar-refractivity contribution in [1.82, 2.24) is 0 Å². The van der Waals surface area contributed by atoms with E-state index in [2.05, 4.69) is 45.0 Å². The van der Waals surface area contributed by atoms with Crippen LogP contribution in [-0.2, 0) is 6.42 Å². The zero-order chi connectivity index (χ0) is 14.6. The van der Waals surface area contributed by atoms with E-state index >= 15 is 0 Å². The van der Waals surface area contributed by atoms with E-state index < -0.39 is 0 Å². The molecule has 2 rings (SSSR count). The summed E-state index contributed by atoms with van der Waals surface area (Å²) >= 11 is 0. The highest BCUT2D eigenvalue weighted by Gasteiger charge is 2.41. The molecule has 1 heteroatoms. The van der Waals surface area contributed by atoms with Crippen LogP contribution in [0.5, 0.6) is 0 Å². The topological polar surface area (TPSA) is 20.2 Å². The Kier molecular flexibility index (Phi) is 5.26. The van der Waals surface area contributed by atoms with E-state index in [0.29, 0.717) is 5.92 Å². The van der Waals surface area contributed by atoms with Gasteiger partial charge in [-0.05, 0) is 42.7 Å². The fraction of sp³-hybridized carbons (Fsp3) is 0.684. The van der Waals surface area contributed by atoms with Crippen LogP contribution in [0.4, 0.5) is 0 Å². The van der Waals surface area contributed by atoms with Crippen LogP contribution in [-0.4, -0.2) is 5.11 Å². The summed E-state index contributed by atoms with van der Waals surface area (Å²) in [4.78, 5) is 0. The molecule has 1 unspecified atom stereocenters. The first-order valence-corrected chi connectivity index (χ1v) is 8.34. The first kappa shape index (κ1) is 15.6. The van der Waals surface area contributed by atoms with Gasteiger partial charge in [-0.3, -0.25) is 0 Å². The largest absolute Gasteiger partial charge is 0.388 e. The van der Waals surface area contributed by atoms with E-state index in [1.165, 1.54) is 37.7 Å². The number of aliphatic hydroxyl groups excluding tert-OH is 1. The van der Waals surface area contributed by atoms with E-state index in [-0.39, 0.29) is 11.5 Å². The summed E-state index contributed by atoms with van der Waals surface area (Å²) in [6.07, 6.45) is 8.09. The van der Waals surface area contributed by atoms with Gasteiger partial charge in [0.1, 0.15) is 0 Å². The third kappa shape index (κ3) is 3.44. The van der Waals surface area contributed by atoms with Crippen molar-refractivity contribution in [2.75, 3.05) is 0 Å². The average Bonchev–Trinajstić information content (AvgIpc) is 2.88. The van der Waals surface area contributed by atoms with Crippen LogP contribution in [0.3, 0.4) is 0 Å². The molecule has 112 valence electrons. The van der Waals surface area contributed by atoms with Gasteiger partial charge in [0.25, 0.3) is 0 Å². The van der Waals surface area contributed by atoms with Crippen LogP contribution >= 0.6 is 0 Å². The number of aliphatic hydroxyl groups is 1. The molecule has 1 aromatic carbocycles. The van der Waals surface area contributed by atoms with Crippen molar-refractivity contribution in [2.45, 2.75) is 71.8 Å². The van der Waals surface area contributed by atoms with Crippen molar-refractivity contribution in [2.24, 2.45) is 11.3 Å². The van der Waals surface area contributed by atoms with Crippen molar-refractivity contribution in [1.29, 1.82) is 0 Å². The van der Waals surface area contributed by atoms with Crippen molar-refractivity contribution < 1.29 is 5.11 Å². The molecule has 0 spiro atoms. The molecule has 1 aliphatic carbocycles. The molecule has 20 heavy (non-hydrogen) atoms. The highest BCUT2D eigenvalue weighted by atomic mass is 16.3. The SMILES string of the molecule is CCCc1ccc(C(O)C2(CC(C)C)CCCC2)cc1. The first-order chi connectivity index (χ1) is 9.57. The molecule has 0 aliphatic heterocycles. The molecule has 0 saturated heterocycles. The average molecular weight is 274 g/mol. The Morgan fingerprint density at radius 3 is 2.20 bits per heavy atom. The quantitative estimate of drug-likeness (QED) is 0.748. The molecule has 1 aromatic rings. The molecule has 1 atom stereocenters. The Morgan fingerprint density at radius 2 is 1.70 bits per heavy atom. The third-order valence-electron chi connectivity index (χ3n) is 4.83. The Balaban J connectivity index is 2.16. The summed E-state index contributed by atoms with van der Waals surface area (Å²) < 4.78 is 0. The van der Waals surface area contributed by atoms with Gasteiger partial charge >= 0.3 is 0 Å². The van der Waals surface area contributed by atoms with E-state index in [1.807, 2.05) is 0 Å². The van der Waals surface area contributed by atoms with Gasteiger partial charge in [-0.2, -0.15) is 0 Å². The van der Waals surface area contributed by atoms with Gasteiger partial charge in [0, 0.05) is 5.41 Å². The van der Waals surface area contributed by atoms with E-state index in [0.717, 1.165) is 18.4 Å². The molecular formula is C19H30O. The maximum absolute atomic E-state index is 10.9. The van der Waals surface area contributed by atoms with Crippen molar-refractivity contribution >= 4 is 0 Å². The standard InChI is InChI=1S/C19H30O/c1-4-7-16-8-10-17(11-9-16)18(20)19(14-15(2)3)12-5-6-13-19/h8-11,15,18,20H,4-7,12-14H2,1-3H3. The van der Waals surface area contributed by atoms with E-state index in [1.54, 1.807) is 0 Å². The molecule has 1 saturated carbocycles. The lowest BCUT2D eigenvalue weighted by atomic mass is 9.72. The van der Waals surface area contributed by atoms with Crippen molar-refractivity contribution in [3.8, 4) is 0 Å². The summed E-state index contributed by atoms with van der Waals surface area (Å²) in [5.74, 6) is 0.655. The fourth-order valence-corrected chi connectivity index (χ4v) is 3.99. The van der Waals surface area contributed by atoms with Crippen LogP contribution in [0.25, 0.3) is 0 Å². The van der Waals surface area contributed by atoms with Gasteiger partial charge in [0.2, 0.25) is 0 Å². The molecule has 0 heterocycles. The molecule has 1 fully saturated rings. The molecule has 1 nitrogen and oxygen atoms in total. The molecule has 1 N–H and O–H groups in total. The Bertz CT molecular complexity index is 398. The van der Waals surface area contributed by atoms with Crippen LogP contribution in [0.15, 0.2) is 24.3 Å². The maximum atomic E-state index is 10.9. The normalized spacial score (nSPS) is 19.4. The second-order valence-electron chi connectivity index (χ2n) is 7.06. The van der Waals surface area contributed by atoms with Gasteiger partial charge in [-0.1, -0.05) is 64.3 Å². The van der Waals surface area contributed by atoms with Crippen LogP contribution < -0.4 is 0 Å². The van der Waals surface area contributed by atoms with Crippen LogP contribution in [0, 0.1) is 11.3 Å². The predicted octanol–water partition coefficient (Wildman–Crippen LogP) is 5.28. The summed E-state index contributed by atoms with van der Waals surface area (Å²) in [7, 11) is 0. The van der Waals surface area contributed by atoms with Crippen molar-refractivity contribution in [3.63, 3.8) is 0 Å². The van der Waals surface area contributed by atoms with Gasteiger partial charge in [0.15, 0.2) is 0 Å². The Labute approximate surface area is 124 Å². The van der Waals surface area contributed by atoms with Gasteiger partial charge in [-0.15, -0.1) is 0 Å². The molecular weight excluding hydrogens is 244 g/mol. The molecule has 0 bridgehead atoms. The van der Waals surface area contributed by atoms with E-state index in [9.17, 15) is 5.11 Å². The molecule has 0 amide bonds. The summed E-state index contributed by atoms with van der Waals surface area (Å²) in [5.41, 5.74) is 2.63. The summed E-state index contributed by atoms with van der Waals surface area (Å²) in [6.45, 7) is 6.76. The lowest BCUT2D eigenvalue weighted by Crippen LogP contribution is -2.27. The molecule has 1 aliphatic rings. The lowest BCUT2D eigenvalue weighted by molar-refractivity contribution is 0.0112. The fourth-order valence-electron chi connectivity index (χ4n) is 3.99. The summed E-state index contributed by atoms with van der Waals surface area (Å²) in [6, 6.07) is 8.69. The van der Waals surface area contributed by atoms with Crippen LogP contribution in [0.2, 0.25) is 0 Å². The molecule has 0 aromatic heterocycles. The van der Waals surface area contributed by atoms with Crippen LogP contribution in [0.1, 0.15) is 76.5 Å². The number of hydrogen-bond acceptors (Lipinski definition) is 1. The van der Waals surface area contributed by atoms with Gasteiger partial charge in [-0.25, -0.2) is 0 Å². The highest BCUT2D eigenvalue weighted by molar-refractivity contribution is 5.26.